The van der Waals surface area contributed by atoms with Gasteiger partial charge in [-0.15, -0.1) is 5.10 Å². The number of H-pyrrole nitrogens is 1. The van der Waals surface area contributed by atoms with Gasteiger partial charge in [-0.25, -0.2) is 4.98 Å². The molecule has 0 spiro atoms. The third kappa shape index (κ3) is 4.37. The standard InChI is InChI=1S/C28H30N6O3/c1-6-37-19-11-12-22(23(15-19)36-5)34-17(3)25-16(2)32-33-27(26(25)18(34)4)29-14-13-24-30-21-10-8-7-9-20(21)28(35)31-24/h7-12,15H,6,13-14H2,1-5H3,(H,29,33)(H,30,31,35). The van der Waals surface area contributed by atoms with Gasteiger partial charge in [0.05, 0.1) is 36.0 Å². The Balaban J connectivity index is 1.50. The molecular weight excluding hydrogens is 468 g/mol. The molecule has 0 aliphatic rings. The lowest BCUT2D eigenvalue weighted by Gasteiger charge is -2.15. The molecule has 0 bridgehead atoms. The van der Waals surface area contributed by atoms with Gasteiger partial charge in [-0.1, -0.05) is 12.1 Å². The lowest BCUT2D eigenvalue weighted by Crippen LogP contribution is -2.15. The van der Waals surface area contributed by atoms with Crippen LogP contribution in [0.5, 0.6) is 11.5 Å². The molecule has 3 heterocycles. The molecule has 37 heavy (non-hydrogen) atoms. The van der Waals surface area contributed by atoms with E-state index in [0.29, 0.717) is 42.1 Å². The van der Waals surface area contributed by atoms with Crippen molar-refractivity contribution in [2.45, 2.75) is 34.1 Å². The van der Waals surface area contributed by atoms with Crippen LogP contribution in [0.3, 0.4) is 0 Å². The Kier molecular flexibility index (Phi) is 6.52. The van der Waals surface area contributed by atoms with E-state index in [1.165, 1.54) is 0 Å². The molecular formula is C28H30N6O3. The second-order valence-corrected chi connectivity index (χ2v) is 8.86. The van der Waals surface area contributed by atoms with Crippen molar-refractivity contribution in [1.29, 1.82) is 0 Å². The topological polar surface area (TPSA) is 107 Å². The predicted octanol–water partition coefficient (Wildman–Crippen LogP) is 4.64. The molecule has 190 valence electrons. The molecule has 0 atom stereocenters. The number of nitrogens with one attached hydrogen (secondary N) is 2. The molecule has 0 saturated heterocycles. The number of methoxy groups -OCH3 is 1. The van der Waals surface area contributed by atoms with Gasteiger partial charge in [-0.05, 0) is 52.0 Å². The van der Waals surface area contributed by atoms with Gasteiger partial charge in [-0.2, -0.15) is 5.10 Å². The van der Waals surface area contributed by atoms with Gasteiger partial charge < -0.3 is 24.3 Å². The third-order valence-corrected chi connectivity index (χ3v) is 6.56. The van der Waals surface area contributed by atoms with Crippen molar-refractivity contribution in [3.8, 4) is 17.2 Å². The number of aromatic nitrogens is 5. The fourth-order valence-corrected chi connectivity index (χ4v) is 4.93. The number of para-hydroxylation sites is 1. The van der Waals surface area contributed by atoms with Gasteiger partial charge in [0.25, 0.3) is 5.56 Å². The lowest BCUT2D eigenvalue weighted by molar-refractivity contribution is 0.336. The number of hydrogen-bond acceptors (Lipinski definition) is 7. The summed E-state index contributed by atoms with van der Waals surface area (Å²) >= 11 is 0. The van der Waals surface area contributed by atoms with Gasteiger partial charge in [-0.3, -0.25) is 4.79 Å². The number of rotatable bonds is 8. The zero-order chi connectivity index (χ0) is 26.1. The van der Waals surface area contributed by atoms with Crippen LogP contribution in [-0.2, 0) is 6.42 Å². The normalized spacial score (nSPS) is 11.3. The molecule has 0 radical (unpaired) electrons. The van der Waals surface area contributed by atoms with E-state index in [0.717, 1.165) is 45.0 Å². The number of anilines is 1. The van der Waals surface area contributed by atoms with Crippen molar-refractivity contribution in [3.05, 3.63) is 75.7 Å². The van der Waals surface area contributed by atoms with Gasteiger partial charge >= 0.3 is 0 Å². The molecule has 3 aromatic heterocycles. The summed E-state index contributed by atoms with van der Waals surface area (Å²) in [7, 11) is 1.66. The summed E-state index contributed by atoms with van der Waals surface area (Å²) in [5.74, 6) is 2.79. The van der Waals surface area contributed by atoms with Gasteiger partial charge in [0.2, 0.25) is 0 Å². The van der Waals surface area contributed by atoms with Crippen molar-refractivity contribution in [3.63, 3.8) is 0 Å². The molecule has 0 aliphatic heterocycles. The maximum Gasteiger partial charge on any atom is 0.258 e. The summed E-state index contributed by atoms with van der Waals surface area (Å²) in [6, 6.07) is 13.2. The Labute approximate surface area is 214 Å². The predicted molar refractivity (Wildman–Crippen MR) is 145 cm³/mol. The third-order valence-electron chi connectivity index (χ3n) is 6.56. The Hall–Kier alpha value is -4.40. The average molecular weight is 499 g/mol. The molecule has 0 unspecified atom stereocenters. The number of fused-ring (bicyclic) bond motifs is 2. The van der Waals surface area contributed by atoms with E-state index in [9.17, 15) is 4.79 Å². The molecule has 9 heteroatoms. The van der Waals surface area contributed by atoms with Crippen molar-refractivity contribution in [2.24, 2.45) is 0 Å². The van der Waals surface area contributed by atoms with E-state index in [2.05, 4.69) is 43.9 Å². The van der Waals surface area contributed by atoms with Gasteiger partial charge in [0.1, 0.15) is 17.3 Å². The van der Waals surface area contributed by atoms with Crippen LogP contribution >= 0.6 is 0 Å². The highest BCUT2D eigenvalue weighted by atomic mass is 16.5. The highest BCUT2D eigenvalue weighted by Crippen LogP contribution is 2.37. The first-order valence-electron chi connectivity index (χ1n) is 12.3. The number of aromatic amines is 1. The van der Waals surface area contributed by atoms with E-state index < -0.39 is 0 Å². The van der Waals surface area contributed by atoms with Crippen LogP contribution in [0.2, 0.25) is 0 Å². The minimum absolute atomic E-state index is 0.133. The first-order valence-corrected chi connectivity index (χ1v) is 12.3. The maximum absolute atomic E-state index is 12.4. The van der Waals surface area contributed by atoms with E-state index >= 15 is 0 Å². The number of benzene rings is 2. The molecule has 2 aromatic carbocycles. The fourth-order valence-electron chi connectivity index (χ4n) is 4.93. The van der Waals surface area contributed by atoms with Crippen molar-refractivity contribution in [1.82, 2.24) is 24.7 Å². The van der Waals surface area contributed by atoms with Crippen LogP contribution < -0.4 is 20.3 Å². The smallest absolute Gasteiger partial charge is 0.258 e. The average Bonchev–Trinajstić information content (AvgIpc) is 3.16. The Morgan fingerprint density at radius 3 is 2.59 bits per heavy atom. The molecule has 9 nitrogen and oxygen atoms in total. The molecule has 0 saturated carbocycles. The minimum atomic E-state index is -0.133. The molecule has 5 rings (SSSR count). The summed E-state index contributed by atoms with van der Waals surface area (Å²) in [5, 5.41) is 15.0. The highest BCUT2D eigenvalue weighted by Gasteiger charge is 2.21. The highest BCUT2D eigenvalue weighted by molar-refractivity contribution is 5.98. The summed E-state index contributed by atoms with van der Waals surface area (Å²) < 4.78 is 13.6. The van der Waals surface area contributed by atoms with E-state index in [1.54, 1.807) is 13.2 Å². The second kappa shape index (κ2) is 9.93. The minimum Gasteiger partial charge on any atom is -0.494 e. The van der Waals surface area contributed by atoms with E-state index in [-0.39, 0.29) is 5.56 Å². The number of hydrogen-bond donors (Lipinski definition) is 2. The molecule has 0 amide bonds. The number of nitrogens with zero attached hydrogens (tertiary/aromatic N) is 4. The van der Waals surface area contributed by atoms with Crippen LogP contribution in [0.1, 0.15) is 29.8 Å². The van der Waals surface area contributed by atoms with Crippen molar-refractivity contribution < 1.29 is 9.47 Å². The Bertz CT molecular complexity index is 1670. The summed E-state index contributed by atoms with van der Waals surface area (Å²) in [6.45, 7) is 9.19. The second-order valence-electron chi connectivity index (χ2n) is 8.86. The van der Waals surface area contributed by atoms with Crippen molar-refractivity contribution in [2.75, 3.05) is 25.6 Å². The largest absolute Gasteiger partial charge is 0.494 e. The quantitative estimate of drug-likeness (QED) is 0.321. The zero-order valence-electron chi connectivity index (χ0n) is 21.7. The lowest BCUT2D eigenvalue weighted by atomic mass is 10.1. The van der Waals surface area contributed by atoms with E-state index in [4.69, 9.17) is 9.47 Å². The molecule has 5 aromatic rings. The van der Waals surface area contributed by atoms with Gasteiger partial charge in [0.15, 0.2) is 5.82 Å². The van der Waals surface area contributed by atoms with Crippen LogP contribution in [0.25, 0.3) is 27.4 Å². The first-order chi connectivity index (χ1) is 17.9. The summed E-state index contributed by atoms with van der Waals surface area (Å²) in [5.41, 5.74) is 4.39. The summed E-state index contributed by atoms with van der Waals surface area (Å²) in [4.78, 5) is 19.9. The number of aryl methyl sites for hydroxylation is 3. The first kappa shape index (κ1) is 24.3. The SMILES string of the molecule is CCOc1ccc(-n2c(C)c3c(C)nnc(NCCc4nc5ccccc5c(=O)[nH]4)c3c2C)c(OC)c1. The Morgan fingerprint density at radius 2 is 1.81 bits per heavy atom. The zero-order valence-corrected chi connectivity index (χ0v) is 21.7. The van der Waals surface area contributed by atoms with Crippen LogP contribution in [0.4, 0.5) is 5.82 Å². The fraction of sp³-hybridized carbons (Fsp3) is 0.286. The molecule has 0 fully saturated rings. The Morgan fingerprint density at radius 1 is 1.03 bits per heavy atom. The maximum atomic E-state index is 12.4. The number of ether oxygens (including phenoxy) is 2. The summed E-state index contributed by atoms with van der Waals surface area (Å²) in [6.07, 6.45) is 0.530. The van der Waals surface area contributed by atoms with Crippen LogP contribution in [-0.4, -0.2) is 45.0 Å². The molecule has 2 N–H and O–H groups in total. The van der Waals surface area contributed by atoms with Crippen LogP contribution in [0.15, 0.2) is 47.3 Å². The van der Waals surface area contributed by atoms with Crippen molar-refractivity contribution >= 4 is 27.5 Å². The molecule has 0 aliphatic carbocycles. The van der Waals surface area contributed by atoms with Gasteiger partial charge in [0, 0.05) is 41.2 Å². The monoisotopic (exact) mass is 498 g/mol. The van der Waals surface area contributed by atoms with E-state index in [1.807, 2.05) is 50.2 Å². The van der Waals surface area contributed by atoms with Crippen LogP contribution in [0, 0.1) is 20.8 Å².